The number of carbonyl (C=O) groups is 2. The lowest BCUT2D eigenvalue weighted by Gasteiger charge is -2.15. The number of benzene rings is 2. The fourth-order valence-electron chi connectivity index (χ4n) is 3.75. The first kappa shape index (κ1) is 20.1. The van der Waals surface area contributed by atoms with Gasteiger partial charge < -0.3 is 14.6 Å². The number of nitrogens with zero attached hydrogens (tertiary/aromatic N) is 1. The highest BCUT2D eigenvalue weighted by Crippen LogP contribution is 2.19. The lowest BCUT2D eigenvalue weighted by molar-refractivity contribution is -0.149. The van der Waals surface area contributed by atoms with E-state index >= 15 is 0 Å². The summed E-state index contributed by atoms with van der Waals surface area (Å²) in [4.78, 5) is 37.2. The Morgan fingerprint density at radius 2 is 1.63 bits per heavy atom. The van der Waals surface area contributed by atoms with E-state index in [1.165, 1.54) is 0 Å². The van der Waals surface area contributed by atoms with Crippen LogP contribution in [-0.4, -0.2) is 49.0 Å². The van der Waals surface area contributed by atoms with Gasteiger partial charge in [-0.2, -0.15) is 0 Å². The number of fused-ring (bicyclic) bond motifs is 2. The number of aromatic nitrogens is 1. The quantitative estimate of drug-likeness (QED) is 0.479. The number of para-hydroxylation sites is 2. The Morgan fingerprint density at radius 3 is 2.20 bits per heavy atom. The average Bonchev–Trinajstić information content (AvgIpc) is 3.07. The molecule has 1 aliphatic heterocycles. The molecular formula is C21H20N2O6S. The van der Waals surface area contributed by atoms with Crippen molar-refractivity contribution in [1.29, 1.82) is 0 Å². The fraction of sp³-hybridized carbons (Fsp3) is 0.286. The number of esters is 1. The van der Waals surface area contributed by atoms with Gasteiger partial charge in [0, 0.05) is 16.8 Å². The molecule has 156 valence electrons. The summed E-state index contributed by atoms with van der Waals surface area (Å²) < 4.78 is 29.7. The third-order valence-electron chi connectivity index (χ3n) is 5.13. The Balaban J connectivity index is 1.50. The van der Waals surface area contributed by atoms with Crippen molar-refractivity contribution in [1.82, 2.24) is 9.88 Å². The first-order valence-electron chi connectivity index (χ1n) is 9.50. The van der Waals surface area contributed by atoms with Crippen LogP contribution < -0.4 is 10.7 Å². The zero-order valence-electron chi connectivity index (χ0n) is 16.0. The van der Waals surface area contributed by atoms with Crippen molar-refractivity contribution in [3.8, 4) is 0 Å². The first-order chi connectivity index (χ1) is 14.3. The molecule has 1 amide bonds. The molecule has 1 fully saturated rings. The molecule has 9 heteroatoms. The second kappa shape index (κ2) is 7.91. The summed E-state index contributed by atoms with van der Waals surface area (Å²) in [5.41, 5.74) is 1.08. The average molecular weight is 428 g/mol. The molecule has 3 aromatic rings. The molecule has 2 aromatic carbocycles. The second-order valence-corrected chi connectivity index (χ2v) is 9.51. The van der Waals surface area contributed by atoms with E-state index in [1.54, 1.807) is 53.1 Å². The number of nitrogens with one attached hydrogen (secondary N) is 1. The van der Waals surface area contributed by atoms with Crippen molar-refractivity contribution in [2.24, 2.45) is 0 Å². The maximum atomic E-state index is 12.7. The normalized spacial score (nSPS) is 17.8. The Morgan fingerprint density at radius 1 is 1.03 bits per heavy atom. The number of amides is 1. The van der Waals surface area contributed by atoms with Gasteiger partial charge in [-0.1, -0.05) is 24.3 Å². The van der Waals surface area contributed by atoms with E-state index in [-0.39, 0.29) is 23.5 Å². The van der Waals surface area contributed by atoms with Crippen LogP contribution in [0.15, 0.2) is 53.3 Å². The summed E-state index contributed by atoms with van der Waals surface area (Å²) in [5.74, 6) is -1.23. The topological polar surface area (TPSA) is 112 Å². The van der Waals surface area contributed by atoms with E-state index in [2.05, 4.69) is 5.32 Å². The molecule has 1 aliphatic rings. The zero-order valence-corrected chi connectivity index (χ0v) is 16.9. The summed E-state index contributed by atoms with van der Waals surface area (Å²) in [6.07, 6.45) is 0.359. The van der Waals surface area contributed by atoms with Crippen molar-refractivity contribution >= 4 is 43.5 Å². The fourth-order valence-corrected chi connectivity index (χ4v) is 5.42. The highest BCUT2D eigenvalue weighted by atomic mass is 32.2. The van der Waals surface area contributed by atoms with E-state index in [0.717, 1.165) is 0 Å². The molecule has 1 N–H and O–H groups in total. The minimum Gasteiger partial charge on any atom is -0.454 e. The van der Waals surface area contributed by atoms with Crippen LogP contribution in [0.2, 0.25) is 0 Å². The van der Waals surface area contributed by atoms with Crippen LogP contribution in [0.4, 0.5) is 0 Å². The smallest absolute Gasteiger partial charge is 0.326 e. The summed E-state index contributed by atoms with van der Waals surface area (Å²) in [5, 5.41) is 3.56. The van der Waals surface area contributed by atoms with Gasteiger partial charge in [-0.3, -0.25) is 14.4 Å². The van der Waals surface area contributed by atoms with Crippen LogP contribution in [0.25, 0.3) is 21.8 Å². The Hall–Kier alpha value is -3.20. The molecule has 0 spiro atoms. The SMILES string of the molecule is O=C(COC(=O)Cn1c2ccccc2c(=O)c2ccccc21)NC1CCS(=O)(=O)C1. The molecule has 1 saturated heterocycles. The van der Waals surface area contributed by atoms with Gasteiger partial charge in [0.15, 0.2) is 21.9 Å². The molecule has 2 heterocycles. The number of rotatable bonds is 5. The minimum atomic E-state index is -3.11. The summed E-state index contributed by atoms with van der Waals surface area (Å²) >= 11 is 0. The first-order valence-corrected chi connectivity index (χ1v) is 11.3. The maximum Gasteiger partial charge on any atom is 0.326 e. The van der Waals surface area contributed by atoms with Crippen molar-refractivity contribution in [3.63, 3.8) is 0 Å². The molecule has 0 aliphatic carbocycles. The molecule has 4 rings (SSSR count). The standard InChI is InChI=1S/C21H20N2O6S/c24-19(22-14-9-10-30(27,28)13-14)12-29-20(25)11-23-17-7-3-1-5-15(17)21(26)16-6-2-4-8-18(16)23/h1-8,14H,9-13H2,(H,22,24). The van der Waals surface area contributed by atoms with Crippen molar-refractivity contribution in [2.75, 3.05) is 18.1 Å². The summed E-state index contributed by atoms with van der Waals surface area (Å²) in [6, 6.07) is 13.5. The number of ether oxygens (including phenoxy) is 1. The Labute approximate surface area is 172 Å². The molecule has 0 saturated carbocycles. The molecule has 0 radical (unpaired) electrons. The van der Waals surface area contributed by atoms with E-state index < -0.39 is 34.4 Å². The van der Waals surface area contributed by atoms with Crippen LogP contribution in [0, 0.1) is 0 Å². The minimum absolute atomic E-state index is 0.0459. The van der Waals surface area contributed by atoms with Gasteiger partial charge >= 0.3 is 5.97 Å². The highest BCUT2D eigenvalue weighted by Gasteiger charge is 2.29. The number of hydrogen-bond acceptors (Lipinski definition) is 6. The predicted octanol–water partition coefficient (Wildman–Crippen LogP) is 1.00. The van der Waals surface area contributed by atoms with Gasteiger partial charge in [0.1, 0.15) is 6.54 Å². The number of carbonyl (C=O) groups excluding carboxylic acids is 2. The molecule has 30 heavy (non-hydrogen) atoms. The van der Waals surface area contributed by atoms with Crippen LogP contribution in [0.1, 0.15) is 6.42 Å². The molecule has 8 nitrogen and oxygen atoms in total. The van der Waals surface area contributed by atoms with Gasteiger partial charge in [-0.25, -0.2) is 8.42 Å². The monoisotopic (exact) mass is 428 g/mol. The van der Waals surface area contributed by atoms with Crippen molar-refractivity contribution < 1.29 is 22.7 Å². The summed E-state index contributed by atoms with van der Waals surface area (Å²) in [6.45, 7) is -0.669. The zero-order chi connectivity index (χ0) is 21.3. The second-order valence-electron chi connectivity index (χ2n) is 7.28. The van der Waals surface area contributed by atoms with E-state index in [0.29, 0.717) is 28.2 Å². The van der Waals surface area contributed by atoms with Crippen molar-refractivity contribution in [3.05, 3.63) is 58.8 Å². The predicted molar refractivity (Wildman–Crippen MR) is 112 cm³/mol. The molecular weight excluding hydrogens is 408 g/mol. The molecule has 1 aromatic heterocycles. The number of sulfone groups is 1. The van der Waals surface area contributed by atoms with Crippen molar-refractivity contribution in [2.45, 2.75) is 19.0 Å². The van der Waals surface area contributed by atoms with Crippen LogP contribution in [-0.2, 0) is 30.7 Å². The lowest BCUT2D eigenvalue weighted by Crippen LogP contribution is -2.38. The molecule has 1 unspecified atom stereocenters. The van der Waals surface area contributed by atoms with E-state index in [9.17, 15) is 22.8 Å². The van der Waals surface area contributed by atoms with Crippen LogP contribution in [0.3, 0.4) is 0 Å². The van der Waals surface area contributed by atoms with Crippen LogP contribution >= 0.6 is 0 Å². The Kier molecular flexibility index (Phi) is 5.29. The lowest BCUT2D eigenvalue weighted by atomic mass is 10.1. The van der Waals surface area contributed by atoms with Gasteiger partial charge in [0.25, 0.3) is 5.91 Å². The number of pyridine rings is 1. The van der Waals surface area contributed by atoms with E-state index in [1.807, 2.05) is 0 Å². The maximum absolute atomic E-state index is 12.7. The van der Waals surface area contributed by atoms with Gasteiger partial charge in [0.05, 0.1) is 22.5 Å². The van der Waals surface area contributed by atoms with Gasteiger partial charge in [0.2, 0.25) is 0 Å². The van der Waals surface area contributed by atoms with Gasteiger partial charge in [-0.15, -0.1) is 0 Å². The third kappa shape index (κ3) is 4.06. The van der Waals surface area contributed by atoms with E-state index in [4.69, 9.17) is 4.74 Å². The third-order valence-corrected chi connectivity index (χ3v) is 6.90. The molecule has 1 atom stereocenters. The summed E-state index contributed by atoms with van der Waals surface area (Å²) in [7, 11) is -3.11. The van der Waals surface area contributed by atoms with Crippen LogP contribution in [0.5, 0.6) is 0 Å². The van der Waals surface area contributed by atoms with Gasteiger partial charge in [-0.05, 0) is 30.7 Å². The number of hydrogen-bond donors (Lipinski definition) is 1. The Bertz CT molecular complexity index is 1250. The molecule has 0 bridgehead atoms. The highest BCUT2D eigenvalue weighted by molar-refractivity contribution is 7.91. The largest absolute Gasteiger partial charge is 0.454 e.